The predicted molar refractivity (Wildman–Crippen MR) is 90.9 cm³/mol. The van der Waals surface area contributed by atoms with E-state index in [1.54, 1.807) is 6.92 Å². The molecule has 1 aromatic heterocycles. The van der Waals surface area contributed by atoms with Gasteiger partial charge in [0.2, 0.25) is 5.69 Å². The Labute approximate surface area is 142 Å². The van der Waals surface area contributed by atoms with Gasteiger partial charge in [-0.05, 0) is 31.6 Å². The standard InChI is InChI=1S/C16H27N5O3/c1-5-13-15(21(23)24)14(19-18-13)16(22)17-12(4)9-20-7-10(2)6-11(3)8-20/h10-12H,5-9H2,1-4H3,(H,17,22)(H,18,19)/t10-,11-,12-/m1/s1. The number of rotatable bonds is 6. The van der Waals surface area contributed by atoms with E-state index in [0.717, 1.165) is 19.6 Å². The molecule has 2 rings (SSSR count). The maximum absolute atomic E-state index is 12.4. The molecule has 1 aliphatic heterocycles. The lowest BCUT2D eigenvalue weighted by molar-refractivity contribution is -0.385. The number of nitro groups is 1. The fourth-order valence-electron chi connectivity index (χ4n) is 3.64. The van der Waals surface area contributed by atoms with Crippen LogP contribution in [-0.2, 0) is 6.42 Å². The van der Waals surface area contributed by atoms with Crippen LogP contribution in [0.15, 0.2) is 0 Å². The molecule has 1 amide bonds. The minimum absolute atomic E-state index is 0.101. The summed E-state index contributed by atoms with van der Waals surface area (Å²) >= 11 is 0. The third-order valence-electron chi connectivity index (χ3n) is 4.42. The lowest BCUT2D eigenvalue weighted by atomic mass is 9.92. The molecule has 0 saturated carbocycles. The molecule has 8 nitrogen and oxygen atoms in total. The lowest BCUT2D eigenvalue weighted by Gasteiger charge is -2.36. The molecular formula is C16H27N5O3. The van der Waals surface area contributed by atoms with Crippen molar-refractivity contribution in [1.82, 2.24) is 20.4 Å². The number of aromatic nitrogens is 2. The van der Waals surface area contributed by atoms with Crippen LogP contribution in [0.2, 0.25) is 0 Å². The van der Waals surface area contributed by atoms with E-state index in [9.17, 15) is 14.9 Å². The summed E-state index contributed by atoms with van der Waals surface area (Å²) in [7, 11) is 0. The molecule has 0 aromatic carbocycles. The highest BCUT2D eigenvalue weighted by molar-refractivity contribution is 5.96. The second kappa shape index (κ2) is 7.74. The molecule has 0 radical (unpaired) electrons. The second-order valence-electron chi connectivity index (χ2n) is 7.05. The van der Waals surface area contributed by atoms with Crippen LogP contribution in [0.25, 0.3) is 0 Å². The summed E-state index contributed by atoms with van der Waals surface area (Å²) in [5.41, 5.74) is 0.0166. The topological polar surface area (TPSA) is 104 Å². The molecule has 1 saturated heterocycles. The molecule has 1 aromatic rings. The molecule has 0 unspecified atom stereocenters. The molecular weight excluding hydrogens is 310 g/mol. The van der Waals surface area contributed by atoms with Gasteiger partial charge in [-0.25, -0.2) is 0 Å². The van der Waals surface area contributed by atoms with Crippen molar-refractivity contribution in [3.05, 3.63) is 21.5 Å². The molecule has 3 atom stereocenters. The Morgan fingerprint density at radius 2 is 2.08 bits per heavy atom. The average molecular weight is 337 g/mol. The highest BCUT2D eigenvalue weighted by Gasteiger charge is 2.29. The van der Waals surface area contributed by atoms with Crippen LogP contribution in [0.3, 0.4) is 0 Å². The fraction of sp³-hybridized carbons (Fsp3) is 0.750. The molecule has 0 aliphatic carbocycles. The summed E-state index contributed by atoms with van der Waals surface area (Å²) in [6, 6.07) is -0.101. The monoisotopic (exact) mass is 337 g/mol. The van der Waals surface area contributed by atoms with Gasteiger partial charge in [-0.3, -0.25) is 20.0 Å². The molecule has 24 heavy (non-hydrogen) atoms. The number of hydrogen-bond donors (Lipinski definition) is 2. The number of piperidine rings is 1. The lowest BCUT2D eigenvalue weighted by Crippen LogP contribution is -2.47. The molecule has 0 spiro atoms. The van der Waals surface area contributed by atoms with Gasteiger partial charge in [0.05, 0.1) is 4.92 Å². The van der Waals surface area contributed by atoms with Gasteiger partial charge in [0, 0.05) is 25.7 Å². The van der Waals surface area contributed by atoms with Crippen LogP contribution in [0.5, 0.6) is 0 Å². The fourth-order valence-corrected chi connectivity index (χ4v) is 3.64. The molecule has 8 heteroatoms. The highest BCUT2D eigenvalue weighted by Crippen LogP contribution is 2.22. The summed E-state index contributed by atoms with van der Waals surface area (Å²) in [6.07, 6.45) is 1.66. The van der Waals surface area contributed by atoms with E-state index in [0.29, 0.717) is 24.0 Å². The van der Waals surface area contributed by atoms with E-state index in [-0.39, 0.29) is 17.4 Å². The quantitative estimate of drug-likeness (QED) is 0.610. The summed E-state index contributed by atoms with van der Waals surface area (Å²) in [5, 5.41) is 20.5. The Hall–Kier alpha value is -1.96. The first-order chi connectivity index (χ1) is 11.3. The van der Waals surface area contributed by atoms with Gasteiger partial charge in [0.1, 0.15) is 5.69 Å². The molecule has 2 N–H and O–H groups in total. The third kappa shape index (κ3) is 4.31. The highest BCUT2D eigenvalue weighted by atomic mass is 16.6. The normalized spacial score (nSPS) is 23.0. The number of nitrogens with one attached hydrogen (secondary N) is 2. The van der Waals surface area contributed by atoms with Gasteiger partial charge in [0.25, 0.3) is 5.91 Å². The van der Waals surface area contributed by atoms with E-state index in [4.69, 9.17) is 0 Å². The zero-order chi connectivity index (χ0) is 17.9. The van der Waals surface area contributed by atoms with E-state index in [1.165, 1.54) is 6.42 Å². The van der Waals surface area contributed by atoms with E-state index in [2.05, 4.69) is 34.3 Å². The van der Waals surface area contributed by atoms with Gasteiger partial charge < -0.3 is 10.2 Å². The van der Waals surface area contributed by atoms with Crippen molar-refractivity contribution in [2.75, 3.05) is 19.6 Å². The van der Waals surface area contributed by atoms with Gasteiger partial charge in [-0.1, -0.05) is 20.8 Å². The predicted octanol–water partition coefficient (Wildman–Crippen LogP) is 1.98. The van der Waals surface area contributed by atoms with Crippen LogP contribution < -0.4 is 5.32 Å². The zero-order valence-electron chi connectivity index (χ0n) is 14.8. The number of hydrogen-bond acceptors (Lipinski definition) is 5. The number of amides is 1. The Bertz CT molecular complexity index is 591. The Morgan fingerprint density at radius 3 is 2.62 bits per heavy atom. The number of likely N-dealkylation sites (tertiary alicyclic amines) is 1. The first kappa shape index (κ1) is 18.4. The van der Waals surface area contributed by atoms with E-state index >= 15 is 0 Å². The van der Waals surface area contributed by atoms with E-state index < -0.39 is 10.8 Å². The van der Waals surface area contributed by atoms with Crippen molar-refractivity contribution in [1.29, 1.82) is 0 Å². The molecule has 1 fully saturated rings. The number of nitrogens with zero attached hydrogens (tertiary/aromatic N) is 3. The smallest absolute Gasteiger partial charge is 0.322 e. The maximum Gasteiger partial charge on any atom is 0.322 e. The third-order valence-corrected chi connectivity index (χ3v) is 4.42. The average Bonchev–Trinajstić information content (AvgIpc) is 2.89. The van der Waals surface area contributed by atoms with Gasteiger partial charge in [-0.15, -0.1) is 0 Å². The van der Waals surface area contributed by atoms with Gasteiger partial charge in [-0.2, -0.15) is 5.10 Å². The summed E-state index contributed by atoms with van der Waals surface area (Å²) in [5.74, 6) is 0.802. The second-order valence-corrected chi connectivity index (χ2v) is 7.05. The minimum atomic E-state index is -0.546. The Balaban J connectivity index is 1.99. The van der Waals surface area contributed by atoms with Crippen LogP contribution in [0.1, 0.15) is 50.3 Å². The summed E-state index contributed by atoms with van der Waals surface area (Å²) in [4.78, 5) is 25.4. The van der Waals surface area contributed by atoms with Crippen LogP contribution in [0, 0.1) is 22.0 Å². The van der Waals surface area contributed by atoms with Crippen molar-refractivity contribution in [3.63, 3.8) is 0 Å². The van der Waals surface area contributed by atoms with Crippen LogP contribution in [0.4, 0.5) is 5.69 Å². The van der Waals surface area contributed by atoms with Crippen molar-refractivity contribution < 1.29 is 9.72 Å². The van der Waals surface area contributed by atoms with Crippen LogP contribution in [-0.4, -0.2) is 51.6 Å². The zero-order valence-corrected chi connectivity index (χ0v) is 14.8. The van der Waals surface area contributed by atoms with Crippen molar-refractivity contribution in [2.24, 2.45) is 11.8 Å². The van der Waals surface area contributed by atoms with Crippen molar-refractivity contribution in [3.8, 4) is 0 Å². The van der Waals surface area contributed by atoms with Crippen molar-refractivity contribution in [2.45, 2.75) is 46.6 Å². The first-order valence-electron chi connectivity index (χ1n) is 8.56. The Kier molecular flexibility index (Phi) is 5.93. The summed E-state index contributed by atoms with van der Waals surface area (Å²) in [6.45, 7) is 11.0. The molecule has 1 aliphatic rings. The van der Waals surface area contributed by atoms with E-state index in [1.807, 2.05) is 6.92 Å². The number of aryl methyl sites for hydroxylation is 1. The molecule has 0 bridgehead atoms. The van der Waals surface area contributed by atoms with Crippen LogP contribution >= 0.6 is 0 Å². The van der Waals surface area contributed by atoms with Crippen molar-refractivity contribution >= 4 is 11.6 Å². The van der Waals surface area contributed by atoms with Gasteiger partial charge >= 0.3 is 5.69 Å². The Morgan fingerprint density at radius 1 is 1.46 bits per heavy atom. The number of H-pyrrole nitrogens is 1. The minimum Gasteiger partial charge on any atom is -0.347 e. The molecule has 134 valence electrons. The molecule has 2 heterocycles. The number of aromatic amines is 1. The van der Waals surface area contributed by atoms with Gasteiger partial charge in [0.15, 0.2) is 0 Å². The largest absolute Gasteiger partial charge is 0.347 e. The summed E-state index contributed by atoms with van der Waals surface area (Å²) < 4.78 is 0. The first-order valence-corrected chi connectivity index (χ1v) is 8.56. The SMILES string of the molecule is CCc1[nH]nc(C(=O)N[C@H](C)CN2C[C@H](C)C[C@@H](C)C2)c1[N+](=O)[O-]. The number of carbonyl (C=O) groups is 1. The number of carbonyl (C=O) groups excluding carboxylic acids is 1. The maximum atomic E-state index is 12.4.